The van der Waals surface area contributed by atoms with Crippen LogP contribution in [0.1, 0.15) is 19.4 Å². The van der Waals surface area contributed by atoms with Crippen LogP contribution in [0.3, 0.4) is 0 Å². The van der Waals surface area contributed by atoms with Crippen molar-refractivity contribution >= 4 is 12.1 Å². The van der Waals surface area contributed by atoms with Gasteiger partial charge in [0.2, 0.25) is 6.41 Å². The molecule has 0 aliphatic rings. The minimum Gasteiger partial charge on any atom is -0.386 e. The molecular weight excluding hydrogens is 166 g/mol. The first-order valence-electron chi connectivity index (χ1n) is 4.07. The van der Waals surface area contributed by atoms with Crippen molar-refractivity contribution in [2.75, 3.05) is 5.32 Å². The summed E-state index contributed by atoms with van der Waals surface area (Å²) >= 11 is 0. The summed E-state index contributed by atoms with van der Waals surface area (Å²) in [6.45, 7) is 3.43. The largest absolute Gasteiger partial charge is 0.386 e. The van der Waals surface area contributed by atoms with Gasteiger partial charge in [0.15, 0.2) is 0 Å². The summed E-state index contributed by atoms with van der Waals surface area (Å²) in [6.07, 6.45) is 0.624. The van der Waals surface area contributed by atoms with Crippen LogP contribution in [0.4, 0.5) is 5.69 Å². The first-order chi connectivity index (χ1) is 6.04. The Balaban J connectivity index is 2.87. The van der Waals surface area contributed by atoms with Crippen LogP contribution < -0.4 is 5.32 Å². The minimum atomic E-state index is -0.834. The maximum Gasteiger partial charge on any atom is 0.211 e. The Morgan fingerprint density at radius 1 is 1.31 bits per heavy atom. The van der Waals surface area contributed by atoms with Crippen molar-refractivity contribution in [1.82, 2.24) is 0 Å². The van der Waals surface area contributed by atoms with Crippen molar-refractivity contribution < 1.29 is 9.90 Å². The van der Waals surface area contributed by atoms with Gasteiger partial charge in [-0.1, -0.05) is 12.1 Å². The number of anilines is 1. The van der Waals surface area contributed by atoms with Crippen molar-refractivity contribution in [3.63, 3.8) is 0 Å². The predicted molar refractivity (Wildman–Crippen MR) is 51.4 cm³/mol. The van der Waals surface area contributed by atoms with E-state index in [4.69, 9.17) is 0 Å². The molecule has 2 N–H and O–H groups in total. The predicted octanol–water partition coefficient (Wildman–Crippen LogP) is 1.48. The number of benzene rings is 1. The standard InChI is InChI=1S/C10H13NO2/c1-10(2,13)8-3-5-9(6-4-8)11-7-12/h3-7,13H,1-2H3,(H,11,12). The molecule has 0 aromatic heterocycles. The molecule has 13 heavy (non-hydrogen) atoms. The lowest BCUT2D eigenvalue weighted by molar-refractivity contribution is -0.105. The van der Waals surface area contributed by atoms with Gasteiger partial charge >= 0.3 is 0 Å². The first-order valence-corrected chi connectivity index (χ1v) is 4.07. The van der Waals surface area contributed by atoms with E-state index >= 15 is 0 Å². The maximum absolute atomic E-state index is 10.1. The number of amides is 1. The van der Waals surface area contributed by atoms with Gasteiger partial charge in [-0.05, 0) is 31.5 Å². The monoisotopic (exact) mass is 179 g/mol. The van der Waals surface area contributed by atoms with E-state index in [1.807, 2.05) is 0 Å². The highest BCUT2D eigenvalue weighted by Crippen LogP contribution is 2.20. The molecule has 1 aromatic rings. The molecular formula is C10H13NO2. The molecule has 1 aromatic carbocycles. The number of carbonyl (C=O) groups excluding carboxylic acids is 1. The van der Waals surface area contributed by atoms with E-state index in [1.165, 1.54) is 0 Å². The van der Waals surface area contributed by atoms with Crippen molar-refractivity contribution in [1.29, 1.82) is 0 Å². The second kappa shape index (κ2) is 3.58. The first kappa shape index (κ1) is 9.74. The van der Waals surface area contributed by atoms with E-state index in [0.29, 0.717) is 6.41 Å². The smallest absolute Gasteiger partial charge is 0.211 e. The van der Waals surface area contributed by atoms with Gasteiger partial charge in [-0.25, -0.2) is 0 Å². The van der Waals surface area contributed by atoms with Crippen LogP contribution in [0.2, 0.25) is 0 Å². The number of aliphatic hydroxyl groups is 1. The van der Waals surface area contributed by atoms with Gasteiger partial charge in [0.05, 0.1) is 5.60 Å². The van der Waals surface area contributed by atoms with Gasteiger partial charge in [-0.3, -0.25) is 4.79 Å². The molecule has 1 amide bonds. The molecule has 0 saturated heterocycles. The second-order valence-corrected chi connectivity index (χ2v) is 3.40. The van der Waals surface area contributed by atoms with Crippen LogP contribution in [0.5, 0.6) is 0 Å². The third-order valence-corrected chi connectivity index (χ3v) is 1.82. The summed E-state index contributed by atoms with van der Waals surface area (Å²) in [5.74, 6) is 0. The van der Waals surface area contributed by atoms with E-state index in [9.17, 15) is 9.90 Å². The number of carbonyl (C=O) groups is 1. The lowest BCUT2D eigenvalue weighted by Crippen LogP contribution is -2.15. The Morgan fingerprint density at radius 3 is 2.23 bits per heavy atom. The molecule has 0 aliphatic heterocycles. The molecule has 0 radical (unpaired) electrons. The Hall–Kier alpha value is -1.35. The molecule has 70 valence electrons. The average Bonchev–Trinajstić information content (AvgIpc) is 2.04. The molecule has 3 heteroatoms. The third-order valence-electron chi connectivity index (χ3n) is 1.82. The molecule has 0 heterocycles. The quantitative estimate of drug-likeness (QED) is 0.690. The number of hydrogen-bond donors (Lipinski definition) is 2. The molecule has 0 bridgehead atoms. The highest BCUT2D eigenvalue weighted by Gasteiger charge is 2.14. The van der Waals surface area contributed by atoms with Crippen molar-refractivity contribution in [2.45, 2.75) is 19.4 Å². The van der Waals surface area contributed by atoms with E-state index in [2.05, 4.69) is 5.32 Å². The van der Waals surface area contributed by atoms with Crippen LogP contribution in [0.25, 0.3) is 0 Å². The lowest BCUT2D eigenvalue weighted by atomic mass is 9.98. The van der Waals surface area contributed by atoms with Gasteiger partial charge in [0.1, 0.15) is 0 Å². The van der Waals surface area contributed by atoms with Crippen LogP contribution in [0.15, 0.2) is 24.3 Å². The highest BCUT2D eigenvalue weighted by molar-refractivity contribution is 5.71. The molecule has 0 spiro atoms. The summed E-state index contributed by atoms with van der Waals surface area (Å²) < 4.78 is 0. The molecule has 0 saturated carbocycles. The van der Waals surface area contributed by atoms with Crippen LogP contribution in [0, 0.1) is 0 Å². The zero-order chi connectivity index (χ0) is 9.90. The van der Waals surface area contributed by atoms with E-state index in [0.717, 1.165) is 11.3 Å². The summed E-state index contributed by atoms with van der Waals surface area (Å²) in [5, 5.41) is 12.1. The minimum absolute atomic E-state index is 0.624. The van der Waals surface area contributed by atoms with Gasteiger partial charge < -0.3 is 10.4 Å². The highest BCUT2D eigenvalue weighted by atomic mass is 16.3. The molecule has 3 nitrogen and oxygen atoms in total. The third kappa shape index (κ3) is 2.56. The SMILES string of the molecule is CC(C)(O)c1ccc(NC=O)cc1. The van der Waals surface area contributed by atoms with Crippen molar-refractivity contribution in [2.24, 2.45) is 0 Å². The van der Waals surface area contributed by atoms with E-state index < -0.39 is 5.60 Å². The number of hydrogen-bond acceptors (Lipinski definition) is 2. The Morgan fingerprint density at radius 2 is 1.85 bits per heavy atom. The van der Waals surface area contributed by atoms with Gasteiger partial charge in [0.25, 0.3) is 0 Å². The van der Waals surface area contributed by atoms with Crippen molar-refractivity contribution in [3.05, 3.63) is 29.8 Å². The number of nitrogens with one attached hydrogen (secondary N) is 1. The molecule has 0 atom stereocenters. The van der Waals surface area contributed by atoms with Gasteiger partial charge in [0, 0.05) is 5.69 Å². The fourth-order valence-corrected chi connectivity index (χ4v) is 1.04. The maximum atomic E-state index is 10.1. The summed E-state index contributed by atoms with van der Waals surface area (Å²) in [6, 6.07) is 7.07. The van der Waals surface area contributed by atoms with Gasteiger partial charge in [-0.2, -0.15) is 0 Å². The van der Waals surface area contributed by atoms with E-state index in [1.54, 1.807) is 38.1 Å². The molecule has 1 rings (SSSR count). The zero-order valence-corrected chi connectivity index (χ0v) is 7.74. The molecule has 0 fully saturated rings. The van der Waals surface area contributed by atoms with Crippen LogP contribution >= 0.6 is 0 Å². The fraction of sp³-hybridized carbons (Fsp3) is 0.300. The van der Waals surface area contributed by atoms with Crippen LogP contribution in [-0.2, 0) is 10.4 Å². The lowest BCUT2D eigenvalue weighted by Gasteiger charge is -2.17. The van der Waals surface area contributed by atoms with Gasteiger partial charge in [-0.15, -0.1) is 0 Å². The van der Waals surface area contributed by atoms with Crippen molar-refractivity contribution in [3.8, 4) is 0 Å². The Labute approximate surface area is 77.4 Å². The second-order valence-electron chi connectivity index (χ2n) is 3.40. The molecule has 0 unspecified atom stereocenters. The number of rotatable bonds is 3. The topological polar surface area (TPSA) is 49.3 Å². The summed E-state index contributed by atoms with van der Waals surface area (Å²) in [7, 11) is 0. The summed E-state index contributed by atoms with van der Waals surface area (Å²) in [5.41, 5.74) is 0.714. The summed E-state index contributed by atoms with van der Waals surface area (Å²) in [4.78, 5) is 10.1. The Kier molecular flexibility index (Phi) is 2.68. The average molecular weight is 179 g/mol. The van der Waals surface area contributed by atoms with Crippen LogP contribution in [-0.4, -0.2) is 11.5 Å². The zero-order valence-electron chi connectivity index (χ0n) is 7.74. The van der Waals surface area contributed by atoms with E-state index in [-0.39, 0.29) is 0 Å². The Bertz CT molecular complexity index is 285. The normalized spacial score (nSPS) is 11.0. The fourth-order valence-electron chi connectivity index (χ4n) is 1.04. The molecule has 0 aliphatic carbocycles.